The molecule has 0 N–H and O–H groups in total. The Morgan fingerprint density at radius 1 is 1.60 bits per heavy atom. The highest BCUT2D eigenvalue weighted by Crippen LogP contribution is 2.18. The Morgan fingerprint density at radius 3 is 2.67 bits per heavy atom. The van der Waals surface area contributed by atoms with Crippen molar-refractivity contribution in [3.8, 4) is 0 Å². The van der Waals surface area contributed by atoms with E-state index in [1.807, 2.05) is 0 Å². The normalized spacial score (nSPS) is 11.5. The molecule has 1 heterocycles. The Labute approximate surface area is 84.3 Å². The van der Waals surface area contributed by atoms with Gasteiger partial charge in [-0.25, -0.2) is 4.98 Å². The predicted octanol–water partition coefficient (Wildman–Crippen LogP) is 1.49. The fraction of sp³-hybridized carbons (Fsp3) is 0.250. The van der Waals surface area contributed by atoms with Gasteiger partial charge in [0.15, 0.2) is 0 Å². The number of rotatable bonds is 3. The number of halogens is 3. The molecule has 1 aromatic heterocycles. The Hall–Kier alpha value is -1.53. The highest BCUT2D eigenvalue weighted by molar-refractivity contribution is 6.66. The molecule has 0 fully saturated rings. The molecule has 15 heavy (non-hydrogen) atoms. The molecule has 0 radical (unpaired) electrons. The minimum atomic E-state index is -5.10. The molecule has 0 aliphatic rings. The van der Waals surface area contributed by atoms with Crippen LogP contribution >= 0.6 is 0 Å². The summed E-state index contributed by atoms with van der Waals surface area (Å²) in [6, 6.07) is 1.18. The molecule has 0 amide bonds. The minimum absolute atomic E-state index is 0.472. The summed E-state index contributed by atoms with van der Waals surface area (Å²) in [7, 11) is 0. The van der Waals surface area contributed by atoms with Crippen molar-refractivity contribution in [3.63, 3.8) is 0 Å². The second-order valence-corrected chi connectivity index (χ2v) is 3.23. The summed E-state index contributed by atoms with van der Waals surface area (Å²) in [5, 5.41) is 0. The largest absolute Gasteiger partial charge is 0.506 e. The molecule has 1 rings (SSSR count). The zero-order chi connectivity index (χ0) is 11.6. The molecule has 1 aromatic rings. The van der Waals surface area contributed by atoms with E-state index < -0.39 is 24.6 Å². The topological polar surface area (TPSA) is 34.9 Å². The Bertz CT molecular complexity index is 438. The van der Waals surface area contributed by atoms with Gasteiger partial charge in [0.2, 0.25) is 0 Å². The number of allylic oxidation sites excluding steroid dienone is 1. The van der Waals surface area contributed by atoms with Gasteiger partial charge in [-0.3, -0.25) is 9.36 Å². The second-order valence-electron chi connectivity index (χ2n) is 3.23. The van der Waals surface area contributed by atoms with Crippen molar-refractivity contribution in [3.05, 3.63) is 40.5 Å². The molecule has 0 atom stereocenters. The Morgan fingerprint density at radius 2 is 2.20 bits per heavy atom. The number of aryl methyl sites for hydroxylation is 1. The van der Waals surface area contributed by atoms with Gasteiger partial charge in [-0.05, 0) is 6.92 Å². The summed E-state index contributed by atoms with van der Waals surface area (Å²) in [5.41, 5.74) is -0.953. The van der Waals surface area contributed by atoms with E-state index in [1.54, 1.807) is 6.92 Å². The first-order valence-electron chi connectivity index (χ1n) is 4.21. The minimum Gasteiger partial charge on any atom is -0.445 e. The van der Waals surface area contributed by atoms with Gasteiger partial charge >= 0.3 is 6.98 Å². The van der Waals surface area contributed by atoms with Gasteiger partial charge in [0, 0.05) is 18.3 Å². The molecule has 0 saturated carbocycles. The lowest BCUT2D eigenvalue weighted by molar-refractivity contribution is 0.481. The van der Waals surface area contributed by atoms with Crippen LogP contribution in [0.2, 0.25) is 0 Å². The lowest BCUT2D eigenvalue weighted by atomic mass is 9.80. The monoisotopic (exact) mass is 217 g/mol. The quantitative estimate of drug-likeness (QED) is 0.719. The van der Waals surface area contributed by atoms with Crippen LogP contribution in [0.5, 0.6) is 0 Å². The molecule has 0 aromatic carbocycles. The Kier molecular flexibility index (Phi) is 3.02. The maximum atomic E-state index is 12.2. The smallest absolute Gasteiger partial charge is 0.445 e. The Balaban J connectivity index is 2.92. The summed E-state index contributed by atoms with van der Waals surface area (Å²) >= 11 is 0. The fourth-order valence-electron chi connectivity index (χ4n) is 0.958. The number of nitrogens with zero attached hydrogens (tertiary/aromatic N) is 2. The van der Waals surface area contributed by atoms with E-state index in [-0.39, 0.29) is 0 Å². The van der Waals surface area contributed by atoms with Gasteiger partial charge < -0.3 is 12.9 Å². The van der Waals surface area contributed by atoms with Gasteiger partial charge in [-0.2, -0.15) is 0 Å². The van der Waals surface area contributed by atoms with Gasteiger partial charge in [0.25, 0.3) is 5.56 Å². The zero-order valence-corrected chi connectivity index (χ0v) is 8.08. The van der Waals surface area contributed by atoms with Gasteiger partial charge in [0.1, 0.15) is 0 Å². The van der Waals surface area contributed by atoms with Crippen molar-refractivity contribution in [2.45, 2.75) is 13.5 Å². The van der Waals surface area contributed by atoms with Crippen LogP contribution in [0.25, 0.3) is 0 Å². The highest BCUT2D eigenvalue weighted by atomic mass is 19.4. The highest BCUT2D eigenvalue weighted by Gasteiger charge is 2.26. The summed E-state index contributed by atoms with van der Waals surface area (Å²) in [5.74, 6) is 0. The predicted molar refractivity (Wildman–Crippen MR) is 51.5 cm³/mol. The number of hydrogen-bond acceptors (Lipinski definition) is 2. The third-order valence-electron chi connectivity index (χ3n) is 1.85. The van der Waals surface area contributed by atoms with E-state index in [9.17, 15) is 17.7 Å². The van der Waals surface area contributed by atoms with Crippen molar-refractivity contribution in [1.29, 1.82) is 0 Å². The summed E-state index contributed by atoms with van der Waals surface area (Å²) in [6.07, 6.45) is 1.09. The van der Waals surface area contributed by atoms with Crippen molar-refractivity contribution in [2.24, 2.45) is 0 Å². The van der Waals surface area contributed by atoms with Crippen LogP contribution in [0, 0.1) is 6.92 Å². The van der Waals surface area contributed by atoms with Crippen LogP contribution in [0.3, 0.4) is 0 Å². The molecule has 0 bridgehead atoms. The molecule has 0 aliphatic heterocycles. The van der Waals surface area contributed by atoms with E-state index in [2.05, 4.69) is 11.6 Å². The van der Waals surface area contributed by atoms with E-state index in [1.165, 1.54) is 6.07 Å². The SMILES string of the molecule is C=C(Cn1cnc(C)cc1=O)[B-](F)(F)F. The standard InChI is InChI=1S/C8H9BF3N2O/c1-6(9(10,11)12)4-14-5-13-7(2)3-8(14)15/h3,5H,1,4H2,2H3/q-1. The number of aromatic nitrogens is 2. The summed E-state index contributed by atoms with van der Waals surface area (Å²) < 4.78 is 37.4. The van der Waals surface area contributed by atoms with E-state index >= 15 is 0 Å². The van der Waals surface area contributed by atoms with Crippen LogP contribution in [-0.4, -0.2) is 16.5 Å². The van der Waals surface area contributed by atoms with Crippen molar-refractivity contribution < 1.29 is 12.9 Å². The number of hydrogen-bond donors (Lipinski definition) is 0. The van der Waals surface area contributed by atoms with Crippen LogP contribution in [0.4, 0.5) is 12.9 Å². The van der Waals surface area contributed by atoms with E-state index in [0.29, 0.717) is 5.69 Å². The van der Waals surface area contributed by atoms with Crippen LogP contribution in [-0.2, 0) is 6.54 Å². The lowest BCUT2D eigenvalue weighted by Crippen LogP contribution is -2.28. The van der Waals surface area contributed by atoms with Crippen LogP contribution < -0.4 is 5.56 Å². The van der Waals surface area contributed by atoms with E-state index in [4.69, 9.17) is 0 Å². The van der Waals surface area contributed by atoms with Crippen molar-refractivity contribution >= 4 is 6.98 Å². The fourth-order valence-corrected chi connectivity index (χ4v) is 0.958. The molecular formula is C8H9BF3N2O-. The summed E-state index contributed by atoms with van der Waals surface area (Å²) in [4.78, 5) is 15.0. The van der Waals surface area contributed by atoms with Gasteiger partial charge in [0.05, 0.1) is 6.33 Å². The molecule has 82 valence electrons. The average molecular weight is 217 g/mol. The lowest BCUT2D eigenvalue weighted by Gasteiger charge is -2.18. The third-order valence-corrected chi connectivity index (χ3v) is 1.85. The average Bonchev–Trinajstić information content (AvgIpc) is 2.08. The van der Waals surface area contributed by atoms with E-state index in [0.717, 1.165) is 10.9 Å². The molecule has 0 saturated heterocycles. The molecule has 3 nitrogen and oxygen atoms in total. The molecular weight excluding hydrogens is 208 g/mol. The van der Waals surface area contributed by atoms with Crippen LogP contribution in [0.15, 0.2) is 29.2 Å². The second kappa shape index (κ2) is 3.92. The maximum absolute atomic E-state index is 12.2. The van der Waals surface area contributed by atoms with Crippen molar-refractivity contribution in [1.82, 2.24) is 9.55 Å². The molecule has 0 unspecified atom stereocenters. The first-order chi connectivity index (χ1) is 6.80. The van der Waals surface area contributed by atoms with Crippen molar-refractivity contribution in [2.75, 3.05) is 0 Å². The van der Waals surface area contributed by atoms with Gasteiger partial charge in [-0.1, -0.05) is 0 Å². The maximum Gasteiger partial charge on any atom is 0.506 e. The van der Waals surface area contributed by atoms with Gasteiger partial charge in [-0.15, -0.1) is 12.1 Å². The van der Waals surface area contributed by atoms with Crippen LogP contribution in [0.1, 0.15) is 5.69 Å². The molecule has 7 heteroatoms. The first kappa shape index (κ1) is 11.5. The molecule has 0 aliphatic carbocycles. The first-order valence-corrected chi connectivity index (χ1v) is 4.21. The summed E-state index contributed by atoms with van der Waals surface area (Å²) in [6.45, 7) is -1.17. The zero-order valence-electron chi connectivity index (χ0n) is 8.08. The molecule has 0 spiro atoms. The third kappa shape index (κ3) is 2.97.